The van der Waals surface area contributed by atoms with Gasteiger partial charge in [0.15, 0.2) is 28.9 Å². The number of hydrogen-bond donors (Lipinski definition) is 3. The number of aliphatic hydroxyl groups excluding tert-OH is 2. The minimum atomic E-state index is -2.10. The molecule has 6 rings (SSSR count). The Kier molecular flexibility index (Phi) is 4.03. The van der Waals surface area contributed by atoms with Gasteiger partial charge in [-0.2, -0.15) is 0 Å². The SMILES string of the molecule is C/C=C/C=C/[C@]1(O)[C@@H]2C=C3C(=O)C[C@]45C(=O)C(O)=C(C)C(=O)[C@H]4[C@H]1[C@]1(C(=O)C(O)=C(C)C(=O)[C@]315)[C@H]2C. The molecule has 8 atom stereocenters. The number of hydrogen-bond acceptors (Lipinski definition) is 8. The van der Waals surface area contributed by atoms with Crippen molar-refractivity contribution in [1.82, 2.24) is 0 Å². The third-order valence-electron chi connectivity index (χ3n) is 10.3. The molecule has 6 aliphatic rings. The molecule has 0 aliphatic heterocycles. The molecule has 0 radical (unpaired) electrons. The van der Waals surface area contributed by atoms with Crippen LogP contribution in [0.5, 0.6) is 0 Å². The summed E-state index contributed by atoms with van der Waals surface area (Å²) in [5.74, 6) is -9.75. The van der Waals surface area contributed by atoms with E-state index in [9.17, 15) is 39.3 Å². The lowest BCUT2D eigenvalue weighted by atomic mass is 9.42. The van der Waals surface area contributed by atoms with Crippen molar-refractivity contribution in [2.75, 3.05) is 0 Å². The molecule has 0 aromatic rings. The molecule has 3 fully saturated rings. The highest BCUT2D eigenvalue weighted by Crippen LogP contribution is 2.88. The van der Waals surface area contributed by atoms with Gasteiger partial charge in [-0.25, -0.2) is 0 Å². The number of fused-ring (bicyclic) bond motifs is 2. The quantitative estimate of drug-likeness (QED) is 0.500. The van der Waals surface area contributed by atoms with E-state index in [1.165, 1.54) is 26.0 Å². The minimum Gasteiger partial charge on any atom is -0.504 e. The fourth-order valence-electron chi connectivity index (χ4n) is 9.29. The van der Waals surface area contributed by atoms with Crippen molar-refractivity contribution < 1.29 is 39.3 Å². The lowest BCUT2D eigenvalue weighted by molar-refractivity contribution is -0.161. The van der Waals surface area contributed by atoms with E-state index in [2.05, 4.69) is 0 Å². The zero-order valence-electron chi connectivity index (χ0n) is 20.3. The van der Waals surface area contributed by atoms with Gasteiger partial charge in [0.2, 0.25) is 11.6 Å². The van der Waals surface area contributed by atoms with Gasteiger partial charge in [-0.3, -0.25) is 24.0 Å². The Labute approximate surface area is 206 Å². The fraction of sp³-hybridized carbons (Fsp3) is 0.464. The van der Waals surface area contributed by atoms with Crippen LogP contribution in [0.4, 0.5) is 0 Å². The Hall–Kier alpha value is -3.39. The van der Waals surface area contributed by atoms with E-state index in [1.54, 1.807) is 32.1 Å². The Morgan fingerprint density at radius 2 is 1.58 bits per heavy atom. The summed E-state index contributed by atoms with van der Waals surface area (Å²) >= 11 is 0. The van der Waals surface area contributed by atoms with Crippen molar-refractivity contribution in [1.29, 1.82) is 0 Å². The second kappa shape index (κ2) is 6.29. The van der Waals surface area contributed by atoms with Gasteiger partial charge < -0.3 is 15.3 Å². The normalized spacial score (nSPS) is 47.0. The maximum absolute atomic E-state index is 14.4. The van der Waals surface area contributed by atoms with Crippen LogP contribution in [-0.4, -0.2) is 49.8 Å². The largest absolute Gasteiger partial charge is 0.504 e. The second-order valence-electron chi connectivity index (χ2n) is 11.1. The third kappa shape index (κ3) is 1.76. The highest BCUT2D eigenvalue weighted by molar-refractivity contribution is 6.31. The molecule has 0 saturated heterocycles. The zero-order chi connectivity index (χ0) is 26.3. The molecule has 8 nitrogen and oxygen atoms in total. The molecule has 0 aromatic heterocycles. The molecule has 0 unspecified atom stereocenters. The van der Waals surface area contributed by atoms with Gasteiger partial charge in [-0.15, -0.1) is 0 Å². The van der Waals surface area contributed by atoms with Crippen molar-refractivity contribution in [2.24, 2.45) is 39.9 Å². The number of aliphatic hydroxyl groups is 3. The second-order valence-corrected chi connectivity index (χ2v) is 11.1. The lowest BCUT2D eigenvalue weighted by Crippen LogP contribution is -2.65. The van der Waals surface area contributed by atoms with Gasteiger partial charge in [-0.1, -0.05) is 37.3 Å². The summed E-state index contributed by atoms with van der Waals surface area (Å²) < 4.78 is 0. The van der Waals surface area contributed by atoms with Crippen LogP contribution < -0.4 is 0 Å². The lowest BCUT2D eigenvalue weighted by Gasteiger charge is -2.54. The van der Waals surface area contributed by atoms with E-state index in [0.29, 0.717) is 0 Å². The highest BCUT2D eigenvalue weighted by Gasteiger charge is 2.96. The van der Waals surface area contributed by atoms with E-state index >= 15 is 0 Å². The fourth-order valence-corrected chi connectivity index (χ4v) is 9.29. The first-order valence-electron chi connectivity index (χ1n) is 12.1. The summed E-state index contributed by atoms with van der Waals surface area (Å²) in [5.41, 5.74) is -8.57. The van der Waals surface area contributed by atoms with E-state index < -0.39 is 92.4 Å². The number of rotatable bonds is 2. The van der Waals surface area contributed by atoms with Crippen LogP contribution in [0.3, 0.4) is 0 Å². The summed E-state index contributed by atoms with van der Waals surface area (Å²) in [4.78, 5) is 70.3. The van der Waals surface area contributed by atoms with E-state index in [1.807, 2.05) is 0 Å². The Morgan fingerprint density at radius 3 is 2.22 bits per heavy atom. The van der Waals surface area contributed by atoms with Gasteiger partial charge in [0.25, 0.3) is 0 Å². The summed E-state index contributed by atoms with van der Waals surface area (Å²) in [6.07, 6.45) is 7.40. The maximum Gasteiger partial charge on any atom is 0.206 e. The first-order chi connectivity index (χ1) is 16.8. The van der Waals surface area contributed by atoms with Crippen molar-refractivity contribution in [2.45, 2.75) is 39.7 Å². The Morgan fingerprint density at radius 1 is 0.944 bits per heavy atom. The molecule has 6 aliphatic carbocycles. The zero-order valence-corrected chi connectivity index (χ0v) is 20.3. The van der Waals surface area contributed by atoms with Crippen molar-refractivity contribution in [3.05, 3.63) is 58.6 Å². The molecule has 186 valence electrons. The number of carbonyl (C=O) groups is 5. The van der Waals surface area contributed by atoms with Crippen LogP contribution in [0.25, 0.3) is 0 Å². The summed E-state index contributed by atoms with van der Waals surface area (Å²) in [6.45, 7) is 5.99. The third-order valence-corrected chi connectivity index (χ3v) is 10.3. The van der Waals surface area contributed by atoms with Crippen LogP contribution in [0.1, 0.15) is 34.1 Å². The van der Waals surface area contributed by atoms with Crippen LogP contribution in [0.2, 0.25) is 0 Å². The molecule has 8 heteroatoms. The predicted octanol–water partition coefficient (Wildman–Crippen LogP) is 2.20. The molecule has 36 heavy (non-hydrogen) atoms. The molecule has 0 amide bonds. The first-order valence-corrected chi connectivity index (χ1v) is 12.1. The van der Waals surface area contributed by atoms with Gasteiger partial charge in [0.05, 0.1) is 21.8 Å². The minimum absolute atomic E-state index is 0.0628. The maximum atomic E-state index is 14.4. The van der Waals surface area contributed by atoms with Crippen molar-refractivity contribution >= 4 is 28.9 Å². The monoisotopic (exact) mass is 490 g/mol. The molecule has 2 bridgehead atoms. The number of ketones is 5. The first kappa shape index (κ1) is 23.0. The smallest absolute Gasteiger partial charge is 0.206 e. The van der Waals surface area contributed by atoms with Gasteiger partial charge >= 0.3 is 0 Å². The molecule has 3 saturated carbocycles. The molecule has 0 aromatic carbocycles. The van der Waals surface area contributed by atoms with E-state index in [-0.39, 0.29) is 16.7 Å². The number of allylic oxidation sites excluding steroid dienone is 8. The van der Waals surface area contributed by atoms with Crippen molar-refractivity contribution in [3.8, 4) is 0 Å². The van der Waals surface area contributed by atoms with Crippen LogP contribution in [-0.2, 0) is 24.0 Å². The van der Waals surface area contributed by atoms with Crippen LogP contribution in [0, 0.1) is 39.9 Å². The standard InChI is InChI=1S/C28H26O8/c1-5-6-7-8-26(36)14-9-15-16(29)10-25-17(18(30)11(2)19(31)23(25)34)21(26)27(13(14)4)24(35)20(32)12(3)22(33)28(15,25)27/h5-9,13-14,17,21,31-32,36H,10H2,1-4H3/b6-5+,8-7+/t13-,14+,17-,21+,25+,26-,27-,28-/m0/s1. The Balaban J connectivity index is 1.87. The molecule has 3 N–H and O–H groups in total. The Bertz CT molecular complexity index is 1420. The highest BCUT2D eigenvalue weighted by atomic mass is 16.3. The molecular weight excluding hydrogens is 464 g/mol. The molecular formula is C28H26O8. The van der Waals surface area contributed by atoms with Gasteiger partial charge in [0.1, 0.15) is 0 Å². The van der Waals surface area contributed by atoms with E-state index in [4.69, 9.17) is 0 Å². The van der Waals surface area contributed by atoms with E-state index in [0.717, 1.165) is 0 Å². The summed E-state index contributed by atoms with van der Waals surface area (Å²) in [5, 5.41) is 34.1. The topological polar surface area (TPSA) is 146 Å². The van der Waals surface area contributed by atoms with Gasteiger partial charge in [-0.05, 0) is 26.7 Å². The average Bonchev–Trinajstić information content (AvgIpc) is 3.31. The number of Topliss-reactive ketones (excluding diaryl/α,β-unsaturated/α-hetero) is 5. The summed E-state index contributed by atoms with van der Waals surface area (Å²) in [6, 6.07) is 0. The predicted molar refractivity (Wildman–Crippen MR) is 124 cm³/mol. The average molecular weight is 491 g/mol. The summed E-state index contributed by atoms with van der Waals surface area (Å²) in [7, 11) is 0. The van der Waals surface area contributed by atoms with Crippen molar-refractivity contribution in [3.63, 3.8) is 0 Å². The molecule has 3 spiro atoms. The van der Waals surface area contributed by atoms with Gasteiger partial charge in [0, 0.05) is 40.9 Å². The van der Waals surface area contributed by atoms with Crippen LogP contribution in [0.15, 0.2) is 58.6 Å². The number of carbonyl (C=O) groups excluding carboxylic acids is 5. The van der Waals surface area contributed by atoms with Crippen LogP contribution >= 0.6 is 0 Å². The molecule has 0 heterocycles.